The summed E-state index contributed by atoms with van der Waals surface area (Å²) in [4.78, 5) is 2.58. The molecule has 0 aliphatic carbocycles. The molecule has 94 valence electrons. The average molecular weight is 228 g/mol. The standard InChI is InChI=1S/C12H24N2O2/c15-7-9-16-8-1-4-13-12-3-6-14-5-2-11(12)10-14/h11-13,15H,1-10H2. The van der Waals surface area contributed by atoms with Crippen molar-refractivity contribution < 1.29 is 9.84 Å². The van der Waals surface area contributed by atoms with Gasteiger partial charge in [0.15, 0.2) is 0 Å². The topological polar surface area (TPSA) is 44.7 Å². The molecule has 0 amide bonds. The highest BCUT2D eigenvalue weighted by Gasteiger charge is 2.33. The van der Waals surface area contributed by atoms with Gasteiger partial charge in [-0.3, -0.25) is 0 Å². The number of ether oxygens (including phenoxy) is 1. The second-order valence-corrected chi connectivity index (χ2v) is 4.89. The van der Waals surface area contributed by atoms with Crippen molar-refractivity contribution >= 4 is 0 Å². The lowest BCUT2D eigenvalue weighted by Gasteiger charge is -2.31. The Balaban J connectivity index is 1.52. The van der Waals surface area contributed by atoms with E-state index in [0.717, 1.165) is 31.5 Å². The van der Waals surface area contributed by atoms with Gasteiger partial charge >= 0.3 is 0 Å². The summed E-state index contributed by atoms with van der Waals surface area (Å²) >= 11 is 0. The smallest absolute Gasteiger partial charge is 0.0697 e. The Hall–Kier alpha value is -0.160. The molecule has 0 saturated carbocycles. The monoisotopic (exact) mass is 228 g/mol. The number of nitrogens with one attached hydrogen (secondary N) is 1. The summed E-state index contributed by atoms with van der Waals surface area (Å²) in [5.74, 6) is 0.882. The van der Waals surface area contributed by atoms with E-state index in [1.807, 2.05) is 0 Å². The third kappa shape index (κ3) is 3.42. The highest BCUT2D eigenvalue weighted by Crippen LogP contribution is 2.26. The normalized spacial score (nSPS) is 33.2. The van der Waals surface area contributed by atoms with Crippen molar-refractivity contribution in [2.24, 2.45) is 5.92 Å². The van der Waals surface area contributed by atoms with Crippen LogP contribution in [0, 0.1) is 5.92 Å². The lowest BCUT2D eigenvalue weighted by Crippen LogP contribution is -2.44. The van der Waals surface area contributed by atoms with Crippen LogP contribution in [0.5, 0.6) is 0 Å². The van der Waals surface area contributed by atoms with Gasteiger partial charge in [0.05, 0.1) is 13.2 Å². The van der Waals surface area contributed by atoms with Gasteiger partial charge in [-0.1, -0.05) is 0 Å². The van der Waals surface area contributed by atoms with Crippen LogP contribution in [0.1, 0.15) is 19.3 Å². The predicted molar refractivity (Wildman–Crippen MR) is 63.5 cm³/mol. The van der Waals surface area contributed by atoms with Crippen LogP contribution >= 0.6 is 0 Å². The van der Waals surface area contributed by atoms with Gasteiger partial charge in [0, 0.05) is 19.2 Å². The van der Waals surface area contributed by atoms with E-state index in [1.165, 1.54) is 32.5 Å². The van der Waals surface area contributed by atoms with Crippen molar-refractivity contribution in [2.75, 3.05) is 46.0 Å². The van der Waals surface area contributed by atoms with Crippen LogP contribution in [-0.2, 0) is 4.74 Å². The zero-order chi connectivity index (χ0) is 11.2. The molecule has 0 aromatic carbocycles. The van der Waals surface area contributed by atoms with Crippen LogP contribution in [-0.4, -0.2) is 62.0 Å². The number of nitrogens with zero attached hydrogens (tertiary/aromatic N) is 1. The van der Waals surface area contributed by atoms with E-state index < -0.39 is 0 Å². The van der Waals surface area contributed by atoms with E-state index in [1.54, 1.807) is 0 Å². The number of fused-ring (bicyclic) bond motifs is 2. The van der Waals surface area contributed by atoms with Crippen molar-refractivity contribution in [3.8, 4) is 0 Å². The molecule has 4 nitrogen and oxygen atoms in total. The maximum Gasteiger partial charge on any atom is 0.0697 e. The number of aliphatic hydroxyl groups excluding tert-OH is 1. The Labute approximate surface area is 98.0 Å². The summed E-state index contributed by atoms with van der Waals surface area (Å²) in [6.45, 7) is 6.30. The first-order chi connectivity index (χ1) is 7.90. The lowest BCUT2D eigenvalue weighted by molar-refractivity contribution is 0.0896. The average Bonchev–Trinajstić information content (AvgIpc) is 2.69. The van der Waals surface area contributed by atoms with Crippen LogP contribution in [0.25, 0.3) is 0 Å². The summed E-state index contributed by atoms with van der Waals surface area (Å²) < 4.78 is 5.24. The molecule has 3 unspecified atom stereocenters. The summed E-state index contributed by atoms with van der Waals surface area (Å²) in [5, 5.41) is 12.2. The number of hydrogen-bond donors (Lipinski definition) is 2. The molecule has 2 fully saturated rings. The zero-order valence-electron chi connectivity index (χ0n) is 10.0. The van der Waals surface area contributed by atoms with E-state index in [2.05, 4.69) is 10.2 Å². The van der Waals surface area contributed by atoms with E-state index >= 15 is 0 Å². The van der Waals surface area contributed by atoms with Crippen LogP contribution in [0.2, 0.25) is 0 Å². The first-order valence-corrected chi connectivity index (χ1v) is 6.54. The molecule has 0 radical (unpaired) electrons. The molecule has 4 heteroatoms. The van der Waals surface area contributed by atoms with Crippen molar-refractivity contribution in [1.29, 1.82) is 0 Å². The fourth-order valence-corrected chi connectivity index (χ4v) is 2.85. The van der Waals surface area contributed by atoms with Crippen LogP contribution in [0.4, 0.5) is 0 Å². The van der Waals surface area contributed by atoms with Gasteiger partial charge < -0.3 is 20.1 Å². The molecule has 2 aliphatic rings. The molecule has 3 atom stereocenters. The van der Waals surface area contributed by atoms with Gasteiger partial charge in [0.1, 0.15) is 0 Å². The van der Waals surface area contributed by atoms with Crippen LogP contribution < -0.4 is 5.32 Å². The number of piperidine rings is 1. The molecule has 0 aromatic heterocycles. The summed E-state index contributed by atoms with van der Waals surface area (Å²) in [6, 6.07) is 0.733. The Bertz CT molecular complexity index is 201. The molecule has 2 aliphatic heterocycles. The summed E-state index contributed by atoms with van der Waals surface area (Å²) in [6.07, 6.45) is 3.73. The Morgan fingerprint density at radius 1 is 1.25 bits per heavy atom. The fraction of sp³-hybridized carbons (Fsp3) is 1.00. The van der Waals surface area contributed by atoms with Gasteiger partial charge in [-0.25, -0.2) is 0 Å². The molecule has 2 N–H and O–H groups in total. The molecule has 2 bridgehead atoms. The van der Waals surface area contributed by atoms with Gasteiger partial charge in [-0.15, -0.1) is 0 Å². The minimum atomic E-state index is 0.133. The third-order valence-corrected chi connectivity index (χ3v) is 3.74. The van der Waals surface area contributed by atoms with Gasteiger partial charge in [0.2, 0.25) is 0 Å². The molecule has 2 rings (SSSR count). The van der Waals surface area contributed by atoms with Crippen molar-refractivity contribution in [1.82, 2.24) is 10.2 Å². The maximum atomic E-state index is 8.55. The molecule has 0 spiro atoms. The predicted octanol–water partition coefficient (Wildman–Crippen LogP) is 0.0692. The molecular formula is C12H24N2O2. The Morgan fingerprint density at radius 3 is 3.00 bits per heavy atom. The summed E-state index contributed by atoms with van der Waals surface area (Å²) in [7, 11) is 0. The van der Waals surface area contributed by atoms with Crippen molar-refractivity contribution in [2.45, 2.75) is 25.3 Å². The third-order valence-electron chi connectivity index (χ3n) is 3.74. The highest BCUT2D eigenvalue weighted by molar-refractivity contribution is 4.90. The van der Waals surface area contributed by atoms with E-state index in [-0.39, 0.29) is 6.61 Å². The first-order valence-electron chi connectivity index (χ1n) is 6.54. The van der Waals surface area contributed by atoms with E-state index in [0.29, 0.717) is 6.61 Å². The number of aliphatic hydroxyl groups is 1. The molecule has 0 aromatic rings. The van der Waals surface area contributed by atoms with Crippen LogP contribution in [0.3, 0.4) is 0 Å². The summed E-state index contributed by atoms with van der Waals surface area (Å²) in [5.41, 5.74) is 0. The minimum absolute atomic E-state index is 0.133. The SMILES string of the molecule is OCCOCCCNC1CCN2CCC1C2. The zero-order valence-corrected chi connectivity index (χ0v) is 10.0. The van der Waals surface area contributed by atoms with E-state index in [4.69, 9.17) is 9.84 Å². The molecular weight excluding hydrogens is 204 g/mol. The molecule has 16 heavy (non-hydrogen) atoms. The van der Waals surface area contributed by atoms with Crippen molar-refractivity contribution in [3.05, 3.63) is 0 Å². The second-order valence-electron chi connectivity index (χ2n) is 4.89. The Kier molecular flexibility index (Phi) is 5.03. The lowest BCUT2D eigenvalue weighted by atomic mass is 9.94. The van der Waals surface area contributed by atoms with Gasteiger partial charge in [0.25, 0.3) is 0 Å². The van der Waals surface area contributed by atoms with E-state index in [9.17, 15) is 0 Å². The maximum absolute atomic E-state index is 8.55. The number of hydrogen-bond acceptors (Lipinski definition) is 4. The largest absolute Gasteiger partial charge is 0.394 e. The minimum Gasteiger partial charge on any atom is -0.394 e. The number of rotatable bonds is 7. The molecule has 2 saturated heterocycles. The first kappa shape index (κ1) is 12.3. The molecule has 2 heterocycles. The highest BCUT2D eigenvalue weighted by atomic mass is 16.5. The second kappa shape index (κ2) is 6.55. The van der Waals surface area contributed by atoms with Crippen molar-refractivity contribution in [3.63, 3.8) is 0 Å². The quantitative estimate of drug-likeness (QED) is 0.605. The fourth-order valence-electron chi connectivity index (χ4n) is 2.85. The van der Waals surface area contributed by atoms with Gasteiger partial charge in [-0.05, 0) is 44.8 Å². The van der Waals surface area contributed by atoms with Gasteiger partial charge in [-0.2, -0.15) is 0 Å². The Morgan fingerprint density at radius 2 is 2.12 bits per heavy atom. The van der Waals surface area contributed by atoms with Crippen LogP contribution in [0.15, 0.2) is 0 Å².